The Labute approximate surface area is 254 Å². The summed E-state index contributed by atoms with van der Waals surface area (Å²) in [6.07, 6.45) is -3.15. The second-order valence-electron chi connectivity index (χ2n) is 11.6. The van der Waals surface area contributed by atoms with Crippen LogP contribution in [0.5, 0.6) is 0 Å². The zero-order valence-corrected chi connectivity index (χ0v) is 24.9. The number of hydrogen-bond acceptors (Lipinski definition) is 6. The molecule has 242 valence electrons. The van der Waals surface area contributed by atoms with Crippen molar-refractivity contribution in [3.8, 4) is 11.3 Å². The van der Waals surface area contributed by atoms with E-state index in [0.29, 0.717) is 34.3 Å². The van der Waals surface area contributed by atoms with Gasteiger partial charge < -0.3 is 21.1 Å². The number of nitrogens with one attached hydrogen (secondary N) is 3. The minimum atomic E-state index is -4.90. The van der Waals surface area contributed by atoms with Gasteiger partial charge in [-0.3, -0.25) is 13.9 Å². The summed E-state index contributed by atoms with van der Waals surface area (Å²) in [7, 11) is 0. The second kappa shape index (κ2) is 13.1. The van der Waals surface area contributed by atoms with Crippen molar-refractivity contribution in [3.05, 3.63) is 59.8 Å². The molecule has 0 spiro atoms. The molecule has 0 aliphatic carbocycles. The number of carbonyl (C=O) groups is 2. The van der Waals surface area contributed by atoms with Gasteiger partial charge in [0.25, 0.3) is 12.3 Å². The Kier molecular flexibility index (Phi) is 9.63. The van der Waals surface area contributed by atoms with Crippen LogP contribution >= 0.6 is 0 Å². The molecule has 4 rings (SSSR count). The minimum absolute atomic E-state index is 0.0215. The Morgan fingerprint density at radius 3 is 2.47 bits per heavy atom. The van der Waals surface area contributed by atoms with Gasteiger partial charge in [-0.25, -0.2) is 23.5 Å². The first-order chi connectivity index (χ1) is 21.1. The van der Waals surface area contributed by atoms with Crippen molar-refractivity contribution >= 4 is 29.2 Å². The molecular formula is C29H33F5N8O3. The van der Waals surface area contributed by atoms with Crippen LogP contribution in [0.1, 0.15) is 55.7 Å². The molecule has 3 heterocycles. The number of amides is 2. The smallest absolute Gasteiger partial charge is 0.435 e. The summed E-state index contributed by atoms with van der Waals surface area (Å²) in [6.45, 7) is 6.85. The van der Waals surface area contributed by atoms with Crippen molar-refractivity contribution in [3.63, 3.8) is 0 Å². The third-order valence-corrected chi connectivity index (χ3v) is 6.75. The first-order valence-corrected chi connectivity index (χ1v) is 14.0. The molecule has 0 unspecified atom stereocenters. The van der Waals surface area contributed by atoms with Crippen LogP contribution in [0.25, 0.3) is 16.9 Å². The number of hydrogen-bond donors (Lipinski definition) is 4. The molecule has 0 bridgehead atoms. The topological polar surface area (TPSA) is 138 Å². The van der Waals surface area contributed by atoms with Gasteiger partial charge in [-0.05, 0) is 42.0 Å². The number of nitrogens with zero attached hydrogens (tertiary/aromatic N) is 5. The van der Waals surface area contributed by atoms with E-state index in [2.05, 4.69) is 31.0 Å². The first-order valence-electron chi connectivity index (χ1n) is 14.0. The fraction of sp³-hybridized carbons (Fsp3) is 0.414. The Balaban J connectivity index is 1.61. The molecule has 0 radical (unpaired) electrons. The number of alkyl halides is 5. The summed E-state index contributed by atoms with van der Waals surface area (Å²) in [6, 6.07) is 4.52. The number of benzene rings is 1. The van der Waals surface area contributed by atoms with Crippen molar-refractivity contribution in [2.45, 2.75) is 65.7 Å². The molecule has 4 aromatic rings. The molecule has 3 aromatic heterocycles. The zero-order valence-electron chi connectivity index (χ0n) is 24.9. The SMILES string of the molecule is CCc1cc(Nc2nccn3c(-c4cn(CC(F)F)nc4C(F)(F)F)cnc23)ccc1C(=O)N[C@@H](CNC(=O)O)CC(C)(C)C. The summed E-state index contributed by atoms with van der Waals surface area (Å²) in [5.74, 6) is -0.174. The normalized spacial score (nSPS) is 12.8. The molecule has 1 atom stereocenters. The maximum absolute atomic E-state index is 13.8. The average Bonchev–Trinajstić information content (AvgIpc) is 3.55. The van der Waals surface area contributed by atoms with Gasteiger partial charge in [0.05, 0.1) is 17.5 Å². The highest BCUT2D eigenvalue weighted by molar-refractivity contribution is 5.96. The molecule has 45 heavy (non-hydrogen) atoms. The third-order valence-electron chi connectivity index (χ3n) is 6.75. The van der Waals surface area contributed by atoms with Crippen LogP contribution in [0, 0.1) is 5.41 Å². The monoisotopic (exact) mass is 636 g/mol. The standard InChI is InChI=1S/C29H33F5N8O3/c1-5-16-10-17(6-7-19(16)26(43)39-18(11-28(2,3)4)12-37-27(44)45)38-24-25-36-13-21(42(25)9-8-35-24)20-14-41(15-22(30)31)40-23(20)29(32,33)34/h6-10,13-14,18,22,37H,5,11-12,15H2,1-4H3,(H,35,38)(H,39,43)(H,44,45)/t18-/m1/s1. The maximum atomic E-state index is 13.8. The van der Waals surface area contributed by atoms with E-state index in [0.717, 1.165) is 6.20 Å². The largest absolute Gasteiger partial charge is 0.465 e. The fourth-order valence-electron chi connectivity index (χ4n) is 4.97. The molecule has 1 aromatic carbocycles. The zero-order chi connectivity index (χ0) is 33.1. The maximum Gasteiger partial charge on any atom is 0.435 e. The molecule has 2 amide bonds. The first kappa shape index (κ1) is 33.1. The van der Waals surface area contributed by atoms with Crippen molar-refractivity contribution in [1.82, 2.24) is 34.8 Å². The van der Waals surface area contributed by atoms with Crippen LogP contribution in [0.2, 0.25) is 0 Å². The lowest BCUT2D eigenvalue weighted by atomic mass is 9.88. The number of fused-ring (bicyclic) bond motifs is 1. The lowest BCUT2D eigenvalue weighted by Crippen LogP contribution is -2.45. The molecular weight excluding hydrogens is 603 g/mol. The Morgan fingerprint density at radius 2 is 1.84 bits per heavy atom. The highest BCUT2D eigenvalue weighted by atomic mass is 19.4. The van der Waals surface area contributed by atoms with E-state index in [1.165, 1.54) is 23.0 Å². The average molecular weight is 637 g/mol. The van der Waals surface area contributed by atoms with Gasteiger partial charge in [-0.15, -0.1) is 0 Å². The number of anilines is 2. The van der Waals surface area contributed by atoms with E-state index in [1.54, 1.807) is 18.2 Å². The summed E-state index contributed by atoms with van der Waals surface area (Å²) in [5, 5.41) is 20.7. The summed E-state index contributed by atoms with van der Waals surface area (Å²) in [5.41, 5.74) is -0.178. The molecule has 0 fully saturated rings. The molecule has 11 nitrogen and oxygen atoms in total. The fourth-order valence-corrected chi connectivity index (χ4v) is 4.97. The van der Waals surface area contributed by atoms with Crippen molar-refractivity contribution in [1.29, 1.82) is 0 Å². The van der Waals surface area contributed by atoms with Gasteiger partial charge in [0.1, 0.15) is 6.54 Å². The van der Waals surface area contributed by atoms with Crippen LogP contribution in [0.3, 0.4) is 0 Å². The Bertz CT molecular complexity index is 1680. The summed E-state index contributed by atoms with van der Waals surface area (Å²) < 4.78 is 69.0. The van der Waals surface area contributed by atoms with Gasteiger partial charge in [0.15, 0.2) is 17.2 Å². The van der Waals surface area contributed by atoms with E-state index in [1.807, 2.05) is 27.7 Å². The molecule has 0 aliphatic heterocycles. The predicted octanol–water partition coefficient (Wildman–Crippen LogP) is 5.98. The summed E-state index contributed by atoms with van der Waals surface area (Å²) >= 11 is 0. The highest BCUT2D eigenvalue weighted by Gasteiger charge is 2.38. The quantitative estimate of drug-likeness (QED) is 0.149. The number of aryl methyl sites for hydroxylation is 1. The van der Waals surface area contributed by atoms with Crippen LogP contribution in [0.15, 0.2) is 43.0 Å². The van der Waals surface area contributed by atoms with E-state index >= 15 is 0 Å². The van der Waals surface area contributed by atoms with Gasteiger partial charge in [-0.1, -0.05) is 27.7 Å². The Hall–Kier alpha value is -4.76. The minimum Gasteiger partial charge on any atom is -0.465 e. The van der Waals surface area contributed by atoms with E-state index in [9.17, 15) is 31.5 Å². The predicted molar refractivity (Wildman–Crippen MR) is 156 cm³/mol. The lowest BCUT2D eigenvalue weighted by Gasteiger charge is -2.27. The molecule has 0 saturated heterocycles. The number of halogens is 5. The van der Waals surface area contributed by atoms with Crippen molar-refractivity contribution in [2.75, 3.05) is 11.9 Å². The number of imidazole rings is 1. The van der Waals surface area contributed by atoms with Crippen molar-refractivity contribution < 1.29 is 36.6 Å². The molecule has 0 aliphatic rings. The number of rotatable bonds is 11. The van der Waals surface area contributed by atoms with Crippen LogP contribution < -0.4 is 16.0 Å². The molecule has 16 heteroatoms. The van der Waals surface area contributed by atoms with E-state index < -0.39 is 42.5 Å². The van der Waals surface area contributed by atoms with Crippen LogP contribution in [-0.4, -0.2) is 60.3 Å². The summed E-state index contributed by atoms with van der Waals surface area (Å²) in [4.78, 5) is 32.8. The molecule has 0 saturated carbocycles. The van der Waals surface area contributed by atoms with E-state index in [4.69, 9.17) is 5.11 Å². The van der Waals surface area contributed by atoms with Gasteiger partial charge in [-0.2, -0.15) is 18.3 Å². The number of carboxylic acid groups (broad SMARTS) is 1. The van der Waals surface area contributed by atoms with Crippen LogP contribution in [0.4, 0.5) is 38.3 Å². The van der Waals surface area contributed by atoms with Crippen molar-refractivity contribution in [2.24, 2.45) is 5.41 Å². The lowest BCUT2D eigenvalue weighted by molar-refractivity contribution is -0.141. The number of aromatic nitrogens is 5. The highest BCUT2D eigenvalue weighted by Crippen LogP contribution is 2.37. The Morgan fingerprint density at radius 1 is 1.11 bits per heavy atom. The molecule has 4 N–H and O–H groups in total. The van der Waals surface area contributed by atoms with Gasteiger partial charge >= 0.3 is 12.3 Å². The van der Waals surface area contributed by atoms with Crippen LogP contribution in [-0.2, 0) is 19.1 Å². The van der Waals surface area contributed by atoms with Gasteiger partial charge in [0, 0.05) is 42.4 Å². The third kappa shape index (κ3) is 8.25. The van der Waals surface area contributed by atoms with Gasteiger partial charge in [0.2, 0.25) is 0 Å². The second-order valence-corrected chi connectivity index (χ2v) is 11.6. The number of carbonyl (C=O) groups excluding carboxylic acids is 1. The van der Waals surface area contributed by atoms with E-state index in [-0.39, 0.29) is 35.0 Å².